The van der Waals surface area contributed by atoms with Crippen LogP contribution in [0.15, 0.2) is 66.0 Å². The van der Waals surface area contributed by atoms with E-state index >= 15 is 0 Å². The quantitative estimate of drug-likeness (QED) is 0.386. The summed E-state index contributed by atoms with van der Waals surface area (Å²) in [4.78, 5) is 44.7. The fraction of sp³-hybridized carbons (Fsp3) is 0.111. The summed E-state index contributed by atoms with van der Waals surface area (Å²) in [5.74, 6) is -1.16. The van der Waals surface area contributed by atoms with Crippen LogP contribution in [-0.4, -0.2) is 22.7 Å². The van der Waals surface area contributed by atoms with Crippen molar-refractivity contribution < 1.29 is 14.4 Å². The van der Waals surface area contributed by atoms with Crippen molar-refractivity contribution in [2.75, 3.05) is 10.2 Å². The van der Waals surface area contributed by atoms with Gasteiger partial charge in [-0.05, 0) is 68.3 Å². The predicted molar refractivity (Wildman–Crippen MR) is 134 cm³/mol. The fourth-order valence-electron chi connectivity index (χ4n) is 4.00. The molecule has 0 atom stereocenters. The number of hydrogen-bond donors (Lipinski definition) is 1. The predicted octanol–water partition coefficient (Wildman–Crippen LogP) is 5.79. The molecule has 0 bridgehead atoms. The third-order valence-electron chi connectivity index (χ3n) is 6.02. The van der Waals surface area contributed by atoms with Gasteiger partial charge in [-0.15, -0.1) is 11.3 Å². The van der Waals surface area contributed by atoms with Gasteiger partial charge in [0.25, 0.3) is 17.7 Å². The normalized spacial score (nSPS) is 12.7. The van der Waals surface area contributed by atoms with E-state index in [1.165, 1.54) is 11.0 Å². The Labute approximate surface area is 200 Å². The number of amides is 3. The molecule has 3 aromatic carbocycles. The zero-order chi connectivity index (χ0) is 24.0. The number of benzene rings is 3. The van der Waals surface area contributed by atoms with Crippen molar-refractivity contribution in [1.29, 1.82) is 0 Å². The first-order valence-corrected chi connectivity index (χ1v) is 11.6. The van der Waals surface area contributed by atoms with E-state index in [1.807, 2.05) is 62.5 Å². The van der Waals surface area contributed by atoms with Crippen LogP contribution in [0.1, 0.15) is 47.2 Å². The molecule has 34 heavy (non-hydrogen) atoms. The lowest BCUT2D eigenvalue weighted by molar-refractivity contribution is 0.0925. The van der Waals surface area contributed by atoms with Crippen molar-refractivity contribution in [3.63, 3.8) is 0 Å². The van der Waals surface area contributed by atoms with Crippen LogP contribution in [0.4, 0.5) is 11.4 Å². The second kappa shape index (κ2) is 8.35. The Kier molecular flexibility index (Phi) is 5.34. The molecule has 168 valence electrons. The van der Waals surface area contributed by atoms with Crippen LogP contribution in [0.25, 0.3) is 11.3 Å². The first kappa shape index (κ1) is 21.7. The van der Waals surface area contributed by atoms with Crippen molar-refractivity contribution in [2.24, 2.45) is 0 Å². The van der Waals surface area contributed by atoms with Gasteiger partial charge in [-0.2, -0.15) is 0 Å². The third kappa shape index (κ3) is 3.70. The summed E-state index contributed by atoms with van der Waals surface area (Å²) in [5.41, 5.74) is 5.75. The van der Waals surface area contributed by atoms with Gasteiger partial charge in [-0.25, -0.2) is 9.88 Å². The number of carbonyl (C=O) groups is 3. The highest BCUT2D eigenvalue weighted by atomic mass is 32.1. The molecule has 1 aliphatic rings. The first-order chi connectivity index (χ1) is 16.3. The lowest BCUT2D eigenvalue weighted by Crippen LogP contribution is -2.30. The van der Waals surface area contributed by atoms with Crippen LogP contribution in [0.5, 0.6) is 0 Å². The van der Waals surface area contributed by atoms with Crippen molar-refractivity contribution in [3.8, 4) is 11.3 Å². The molecule has 0 spiro atoms. The molecule has 0 radical (unpaired) electrons. The lowest BCUT2D eigenvalue weighted by Gasteiger charge is -2.17. The van der Waals surface area contributed by atoms with Crippen LogP contribution in [0.3, 0.4) is 0 Å². The van der Waals surface area contributed by atoms with Gasteiger partial charge >= 0.3 is 0 Å². The highest BCUT2D eigenvalue weighted by molar-refractivity contribution is 7.09. The minimum absolute atomic E-state index is 0.229. The van der Waals surface area contributed by atoms with Crippen LogP contribution in [0.2, 0.25) is 0 Å². The van der Waals surface area contributed by atoms with Gasteiger partial charge in [0, 0.05) is 22.2 Å². The summed E-state index contributed by atoms with van der Waals surface area (Å²) in [6.45, 7) is 5.77. The zero-order valence-corrected chi connectivity index (χ0v) is 19.7. The van der Waals surface area contributed by atoms with Crippen molar-refractivity contribution in [3.05, 3.63) is 98.9 Å². The van der Waals surface area contributed by atoms with Crippen LogP contribution < -0.4 is 10.2 Å². The molecule has 0 saturated carbocycles. The molecule has 2 heterocycles. The van der Waals surface area contributed by atoms with E-state index in [9.17, 15) is 14.4 Å². The monoisotopic (exact) mass is 467 g/mol. The second-order valence-corrected chi connectivity index (χ2v) is 9.27. The minimum Gasteiger partial charge on any atom is -0.322 e. The average molecular weight is 468 g/mol. The maximum atomic E-state index is 13.1. The van der Waals surface area contributed by atoms with Crippen molar-refractivity contribution in [1.82, 2.24) is 4.98 Å². The van der Waals surface area contributed by atoms with Gasteiger partial charge in [-0.3, -0.25) is 14.4 Å². The molecule has 1 aliphatic heterocycles. The zero-order valence-electron chi connectivity index (χ0n) is 18.9. The number of hydrogen-bond acceptors (Lipinski definition) is 5. The van der Waals surface area contributed by atoms with E-state index in [2.05, 4.69) is 10.3 Å². The second-order valence-electron chi connectivity index (χ2n) is 8.21. The Morgan fingerprint density at radius 1 is 0.912 bits per heavy atom. The maximum absolute atomic E-state index is 13.1. The number of anilines is 2. The average Bonchev–Trinajstić information content (AvgIpc) is 3.37. The smallest absolute Gasteiger partial charge is 0.266 e. The Bertz CT molecular complexity index is 1470. The van der Waals surface area contributed by atoms with Crippen molar-refractivity contribution >= 4 is 40.4 Å². The van der Waals surface area contributed by atoms with E-state index < -0.39 is 5.91 Å². The van der Waals surface area contributed by atoms with Gasteiger partial charge in [0.05, 0.1) is 27.5 Å². The number of aromatic nitrogens is 1. The topological polar surface area (TPSA) is 79.4 Å². The van der Waals surface area contributed by atoms with Gasteiger partial charge in [0.15, 0.2) is 0 Å². The Morgan fingerprint density at radius 3 is 2.35 bits per heavy atom. The molecule has 3 amide bonds. The van der Waals surface area contributed by atoms with E-state index in [4.69, 9.17) is 0 Å². The number of imide groups is 1. The standard InChI is InChI=1S/C27H21N3O3S/c1-15-5-4-6-24(16(15)2)30-26(32)21-12-9-19(13-22(21)27(30)33)25(31)29-20-10-7-18(8-11-20)23-14-34-17(3)28-23/h4-14H,1-3H3,(H,29,31). The Morgan fingerprint density at radius 2 is 1.65 bits per heavy atom. The lowest BCUT2D eigenvalue weighted by atomic mass is 10.1. The largest absolute Gasteiger partial charge is 0.322 e. The van der Waals surface area contributed by atoms with E-state index in [1.54, 1.807) is 29.5 Å². The Balaban J connectivity index is 1.38. The molecule has 7 heteroatoms. The molecular formula is C27H21N3O3S. The molecular weight excluding hydrogens is 446 g/mol. The number of thiazole rings is 1. The SMILES string of the molecule is Cc1nc(-c2ccc(NC(=O)c3ccc4c(c3)C(=O)N(c3cccc(C)c3C)C4=O)cc2)cs1. The molecule has 1 aromatic heterocycles. The summed E-state index contributed by atoms with van der Waals surface area (Å²) < 4.78 is 0. The van der Waals surface area contributed by atoms with E-state index in [0.29, 0.717) is 22.5 Å². The number of fused-ring (bicyclic) bond motifs is 1. The van der Waals surface area contributed by atoms with Gasteiger partial charge in [-0.1, -0.05) is 24.3 Å². The molecule has 0 unspecified atom stereocenters. The number of rotatable bonds is 4. The van der Waals surface area contributed by atoms with Crippen LogP contribution in [-0.2, 0) is 0 Å². The highest BCUT2D eigenvalue weighted by Gasteiger charge is 2.37. The fourth-order valence-corrected chi connectivity index (χ4v) is 4.62. The Hall–Kier alpha value is -4.10. The number of nitrogens with zero attached hydrogens (tertiary/aromatic N) is 2. The summed E-state index contributed by atoms with van der Waals surface area (Å²) in [6, 6.07) is 17.5. The van der Waals surface area contributed by atoms with Gasteiger partial charge < -0.3 is 5.32 Å². The summed E-state index contributed by atoms with van der Waals surface area (Å²) in [5, 5.41) is 5.84. The molecule has 5 rings (SSSR count). The summed E-state index contributed by atoms with van der Waals surface area (Å²) in [6.07, 6.45) is 0. The summed E-state index contributed by atoms with van der Waals surface area (Å²) in [7, 11) is 0. The number of nitrogens with one attached hydrogen (secondary N) is 1. The van der Waals surface area contributed by atoms with E-state index in [-0.39, 0.29) is 17.4 Å². The van der Waals surface area contributed by atoms with Crippen molar-refractivity contribution in [2.45, 2.75) is 20.8 Å². The summed E-state index contributed by atoms with van der Waals surface area (Å²) >= 11 is 1.59. The maximum Gasteiger partial charge on any atom is 0.266 e. The molecule has 0 aliphatic carbocycles. The van der Waals surface area contributed by atoms with Gasteiger partial charge in [0.2, 0.25) is 0 Å². The minimum atomic E-state index is -0.425. The highest BCUT2D eigenvalue weighted by Crippen LogP contribution is 2.32. The third-order valence-corrected chi connectivity index (χ3v) is 6.80. The molecule has 4 aromatic rings. The first-order valence-electron chi connectivity index (χ1n) is 10.8. The number of aryl methyl sites for hydroxylation is 2. The van der Waals surface area contributed by atoms with Crippen LogP contribution in [0, 0.1) is 20.8 Å². The molecule has 6 nitrogen and oxygen atoms in total. The molecule has 0 saturated heterocycles. The number of carbonyl (C=O) groups excluding carboxylic acids is 3. The molecule has 0 fully saturated rings. The van der Waals surface area contributed by atoms with E-state index in [0.717, 1.165) is 27.4 Å². The van der Waals surface area contributed by atoms with Gasteiger partial charge in [0.1, 0.15) is 0 Å². The molecule has 1 N–H and O–H groups in total. The van der Waals surface area contributed by atoms with Crippen LogP contribution >= 0.6 is 11.3 Å².